The van der Waals surface area contributed by atoms with Crippen molar-refractivity contribution in [3.63, 3.8) is 0 Å². The third-order valence-electron chi connectivity index (χ3n) is 4.12. The number of benzene rings is 1. The number of pyridine rings is 1. The molecule has 0 unspecified atom stereocenters. The van der Waals surface area contributed by atoms with Gasteiger partial charge in [0.05, 0.1) is 22.8 Å². The normalized spacial score (nSPS) is 13.7. The van der Waals surface area contributed by atoms with Gasteiger partial charge in [0.25, 0.3) is 21.8 Å². The highest BCUT2D eigenvalue weighted by Gasteiger charge is 2.36. The van der Waals surface area contributed by atoms with Crippen LogP contribution in [0.2, 0.25) is 5.02 Å². The molecule has 0 radical (unpaired) electrons. The molecule has 0 aliphatic carbocycles. The first-order chi connectivity index (χ1) is 13.8. The van der Waals surface area contributed by atoms with Gasteiger partial charge in [0.15, 0.2) is 0 Å². The van der Waals surface area contributed by atoms with Crippen molar-refractivity contribution in [2.75, 3.05) is 4.72 Å². The van der Waals surface area contributed by atoms with Crippen LogP contribution < -0.4 is 4.72 Å². The van der Waals surface area contributed by atoms with Crippen molar-refractivity contribution in [3.05, 3.63) is 75.6 Å². The van der Waals surface area contributed by atoms with E-state index in [1.807, 2.05) is 0 Å². The van der Waals surface area contributed by atoms with Crippen LogP contribution in [-0.2, 0) is 16.6 Å². The zero-order valence-electron chi connectivity index (χ0n) is 14.4. The van der Waals surface area contributed by atoms with Gasteiger partial charge in [0.1, 0.15) is 15.7 Å². The molecule has 11 heteroatoms. The number of thiophene rings is 1. The number of imide groups is 1. The summed E-state index contributed by atoms with van der Waals surface area (Å²) in [4.78, 5) is 30.3. The number of halogens is 2. The lowest BCUT2D eigenvalue weighted by atomic mass is 10.2. The monoisotopic (exact) mass is 451 g/mol. The lowest BCUT2D eigenvalue weighted by Gasteiger charge is -2.11. The van der Waals surface area contributed by atoms with Gasteiger partial charge in [-0.1, -0.05) is 11.6 Å². The molecule has 2 aromatic heterocycles. The number of fused-ring (bicyclic) bond motifs is 1. The highest BCUT2D eigenvalue weighted by atomic mass is 35.5. The van der Waals surface area contributed by atoms with Gasteiger partial charge in [-0.25, -0.2) is 12.8 Å². The molecule has 7 nitrogen and oxygen atoms in total. The van der Waals surface area contributed by atoms with Crippen LogP contribution in [0.15, 0.2) is 52.9 Å². The zero-order valence-corrected chi connectivity index (χ0v) is 16.8. The maximum absolute atomic E-state index is 13.1. The van der Waals surface area contributed by atoms with E-state index in [2.05, 4.69) is 9.71 Å². The predicted octanol–water partition coefficient (Wildman–Crippen LogP) is 3.53. The number of hydrogen-bond donors (Lipinski definition) is 1. The van der Waals surface area contributed by atoms with Gasteiger partial charge in [-0.2, -0.15) is 0 Å². The predicted molar refractivity (Wildman–Crippen MR) is 105 cm³/mol. The van der Waals surface area contributed by atoms with E-state index in [1.54, 1.807) is 6.07 Å². The molecule has 29 heavy (non-hydrogen) atoms. The van der Waals surface area contributed by atoms with Gasteiger partial charge in [-0.05, 0) is 42.5 Å². The van der Waals surface area contributed by atoms with Crippen LogP contribution in [0, 0.1) is 5.82 Å². The van der Waals surface area contributed by atoms with Crippen molar-refractivity contribution in [2.24, 2.45) is 0 Å². The van der Waals surface area contributed by atoms with E-state index in [0.29, 0.717) is 4.88 Å². The smallest absolute Gasteiger partial charge is 0.277 e. The summed E-state index contributed by atoms with van der Waals surface area (Å²) in [6, 6.07) is 9.25. The molecule has 0 spiro atoms. The molecule has 1 aliphatic rings. The molecule has 0 fully saturated rings. The number of nitrogens with one attached hydrogen (secondary N) is 1. The number of rotatable bonds is 5. The Balaban J connectivity index is 1.54. The maximum atomic E-state index is 13.1. The number of aromatic nitrogens is 1. The molecule has 0 atom stereocenters. The molecule has 1 N–H and O–H groups in total. The number of amides is 2. The standard InChI is InChI=1S/C18H11ClFN3O4S2/c19-13-8-10(20)3-5-14(13)22-29(26,27)15-6-4-11(28-15)9-23-17(24)12-2-1-7-21-16(12)18(23)25/h1-8,22H,9H2. The Morgan fingerprint density at radius 2 is 1.93 bits per heavy atom. The number of carbonyl (C=O) groups excluding carboxylic acids is 2. The molecule has 0 saturated heterocycles. The second-order valence-electron chi connectivity index (χ2n) is 6.05. The van der Waals surface area contributed by atoms with Crippen molar-refractivity contribution >= 4 is 50.5 Å². The molecule has 1 aliphatic heterocycles. The minimum Gasteiger partial charge on any atom is -0.277 e. The fraction of sp³-hybridized carbons (Fsp3) is 0.0556. The van der Waals surface area contributed by atoms with E-state index in [4.69, 9.17) is 11.6 Å². The number of hydrogen-bond acceptors (Lipinski definition) is 6. The van der Waals surface area contributed by atoms with Crippen LogP contribution in [0.5, 0.6) is 0 Å². The van der Waals surface area contributed by atoms with Gasteiger partial charge < -0.3 is 0 Å². The minimum absolute atomic E-state index is 0.0365. The third-order valence-corrected chi connectivity index (χ3v) is 7.36. The quantitative estimate of drug-likeness (QED) is 0.598. The highest BCUT2D eigenvalue weighted by molar-refractivity contribution is 7.94. The lowest BCUT2D eigenvalue weighted by Crippen LogP contribution is -2.28. The van der Waals surface area contributed by atoms with E-state index < -0.39 is 27.7 Å². The average molecular weight is 452 g/mol. The summed E-state index contributed by atoms with van der Waals surface area (Å²) < 4.78 is 40.6. The van der Waals surface area contributed by atoms with Crippen molar-refractivity contribution in [1.82, 2.24) is 9.88 Å². The minimum atomic E-state index is -3.98. The summed E-state index contributed by atoms with van der Waals surface area (Å²) >= 11 is 6.77. The van der Waals surface area contributed by atoms with Gasteiger partial charge in [-0.15, -0.1) is 11.3 Å². The zero-order chi connectivity index (χ0) is 20.8. The molecular weight excluding hydrogens is 441 g/mol. The number of nitrogens with zero attached hydrogens (tertiary/aromatic N) is 2. The summed E-state index contributed by atoms with van der Waals surface area (Å²) in [6.07, 6.45) is 1.43. The number of anilines is 1. The Morgan fingerprint density at radius 1 is 1.14 bits per heavy atom. The Bertz CT molecular complexity index is 1220. The van der Waals surface area contributed by atoms with Gasteiger partial charge in [0, 0.05) is 11.1 Å². The Morgan fingerprint density at radius 3 is 2.66 bits per heavy atom. The molecule has 0 bridgehead atoms. The fourth-order valence-electron chi connectivity index (χ4n) is 2.77. The van der Waals surface area contributed by atoms with Crippen LogP contribution in [0.25, 0.3) is 0 Å². The van der Waals surface area contributed by atoms with Gasteiger partial charge >= 0.3 is 0 Å². The van der Waals surface area contributed by atoms with Gasteiger partial charge in [0.2, 0.25) is 0 Å². The first-order valence-electron chi connectivity index (χ1n) is 8.14. The summed E-state index contributed by atoms with van der Waals surface area (Å²) in [5.74, 6) is -1.60. The van der Waals surface area contributed by atoms with E-state index >= 15 is 0 Å². The Labute approximate surface area is 173 Å². The van der Waals surface area contributed by atoms with E-state index in [0.717, 1.165) is 28.4 Å². The Kier molecular flexibility index (Phi) is 4.85. The van der Waals surface area contributed by atoms with Crippen LogP contribution >= 0.6 is 22.9 Å². The fourth-order valence-corrected chi connectivity index (χ4v) is 5.46. The molecule has 0 saturated carbocycles. The van der Waals surface area contributed by atoms with Crippen molar-refractivity contribution in [3.8, 4) is 0 Å². The van der Waals surface area contributed by atoms with Crippen molar-refractivity contribution in [2.45, 2.75) is 10.8 Å². The molecule has 2 amide bonds. The summed E-state index contributed by atoms with van der Waals surface area (Å²) in [6.45, 7) is -0.0779. The summed E-state index contributed by atoms with van der Waals surface area (Å²) in [7, 11) is -3.98. The molecule has 148 valence electrons. The van der Waals surface area contributed by atoms with Crippen LogP contribution in [0.1, 0.15) is 25.7 Å². The second-order valence-corrected chi connectivity index (χ2v) is 9.53. The SMILES string of the molecule is O=C1c2cccnc2C(=O)N1Cc1ccc(S(=O)(=O)Nc2ccc(F)cc2Cl)s1. The second kappa shape index (κ2) is 7.21. The molecule has 3 heterocycles. The summed E-state index contributed by atoms with van der Waals surface area (Å²) in [5, 5.41) is -0.0797. The first kappa shape index (κ1) is 19.5. The lowest BCUT2D eigenvalue weighted by molar-refractivity contribution is 0.0642. The van der Waals surface area contributed by atoms with Crippen molar-refractivity contribution < 1.29 is 22.4 Å². The molecule has 1 aromatic carbocycles. The van der Waals surface area contributed by atoms with Crippen molar-refractivity contribution in [1.29, 1.82) is 0 Å². The summed E-state index contributed by atoms with van der Waals surface area (Å²) in [5.41, 5.74) is 0.332. The third kappa shape index (κ3) is 3.61. The van der Waals surface area contributed by atoms with Crippen LogP contribution in [0.3, 0.4) is 0 Å². The molecule has 4 rings (SSSR count). The van der Waals surface area contributed by atoms with Crippen LogP contribution in [0.4, 0.5) is 10.1 Å². The van der Waals surface area contributed by atoms with E-state index in [1.165, 1.54) is 30.5 Å². The molecular formula is C18H11ClFN3O4S2. The number of carbonyl (C=O) groups is 2. The van der Waals surface area contributed by atoms with Gasteiger partial charge in [-0.3, -0.25) is 24.2 Å². The van der Waals surface area contributed by atoms with E-state index in [9.17, 15) is 22.4 Å². The number of sulfonamides is 1. The first-order valence-corrected chi connectivity index (χ1v) is 10.8. The molecule has 3 aromatic rings. The topological polar surface area (TPSA) is 96.4 Å². The highest BCUT2D eigenvalue weighted by Crippen LogP contribution is 2.30. The van der Waals surface area contributed by atoms with Crippen LogP contribution in [-0.4, -0.2) is 30.1 Å². The average Bonchev–Trinajstić information content (AvgIpc) is 3.25. The largest absolute Gasteiger partial charge is 0.280 e. The maximum Gasteiger partial charge on any atom is 0.280 e. The Hall–Kier alpha value is -2.82. The van der Waals surface area contributed by atoms with E-state index in [-0.39, 0.29) is 32.7 Å².